The maximum Gasteiger partial charge on any atom is 0.124 e. The van der Waals surface area contributed by atoms with E-state index in [4.69, 9.17) is 22.2 Å². The zero-order chi connectivity index (χ0) is 14.7. The molecule has 1 unspecified atom stereocenters. The van der Waals surface area contributed by atoms with Gasteiger partial charge in [0.2, 0.25) is 0 Å². The molecule has 3 nitrogen and oxygen atoms in total. The van der Waals surface area contributed by atoms with Crippen molar-refractivity contribution in [2.24, 2.45) is 5.84 Å². The van der Waals surface area contributed by atoms with Gasteiger partial charge in [-0.05, 0) is 58.8 Å². The lowest BCUT2D eigenvalue weighted by molar-refractivity contribution is 0.404. The fraction of sp³-hybridized carbons (Fsp3) is 0.200. The number of hydrogen-bond acceptors (Lipinski definition) is 3. The van der Waals surface area contributed by atoms with Crippen LogP contribution in [0.25, 0.3) is 0 Å². The number of aryl methyl sites for hydroxylation is 1. The Bertz CT molecular complexity index is 619. The molecule has 20 heavy (non-hydrogen) atoms. The minimum atomic E-state index is -0.171. The quantitative estimate of drug-likeness (QED) is 0.464. The SMILES string of the molecule is COc1ccc(Cl)cc1C(NN)c1cccc(C)c1I. The molecule has 2 aromatic carbocycles. The topological polar surface area (TPSA) is 47.3 Å². The van der Waals surface area contributed by atoms with E-state index in [1.807, 2.05) is 18.2 Å². The minimum Gasteiger partial charge on any atom is -0.496 e. The van der Waals surface area contributed by atoms with E-state index in [2.05, 4.69) is 47.1 Å². The average Bonchev–Trinajstić information content (AvgIpc) is 2.44. The number of benzene rings is 2. The maximum absolute atomic E-state index is 6.11. The van der Waals surface area contributed by atoms with Gasteiger partial charge in [0.05, 0.1) is 13.2 Å². The van der Waals surface area contributed by atoms with Crippen LogP contribution >= 0.6 is 34.2 Å². The van der Waals surface area contributed by atoms with Gasteiger partial charge in [0.1, 0.15) is 5.75 Å². The fourth-order valence-corrected chi connectivity index (χ4v) is 3.02. The van der Waals surface area contributed by atoms with E-state index >= 15 is 0 Å². The molecule has 0 amide bonds. The van der Waals surface area contributed by atoms with Crippen molar-refractivity contribution in [3.63, 3.8) is 0 Å². The Morgan fingerprint density at radius 1 is 1.25 bits per heavy atom. The van der Waals surface area contributed by atoms with Crippen LogP contribution in [-0.2, 0) is 0 Å². The fourth-order valence-electron chi connectivity index (χ4n) is 2.17. The highest BCUT2D eigenvalue weighted by molar-refractivity contribution is 14.1. The molecule has 0 aliphatic carbocycles. The lowest BCUT2D eigenvalue weighted by Gasteiger charge is -2.21. The van der Waals surface area contributed by atoms with Gasteiger partial charge in [-0.2, -0.15) is 0 Å². The molecule has 0 bridgehead atoms. The van der Waals surface area contributed by atoms with E-state index in [9.17, 15) is 0 Å². The first kappa shape index (κ1) is 15.6. The lowest BCUT2D eigenvalue weighted by Crippen LogP contribution is -2.30. The number of rotatable bonds is 4. The molecule has 0 aliphatic rings. The predicted octanol–water partition coefficient (Wildman–Crippen LogP) is 3.81. The summed E-state index contributed by atoms with van der Waals surface area (Å²) in [6.45, 7) is 2.08. The number of halogens is 2. The van der Waals surface area contributed by atoms with Crippen LogP contribution in [0.2, 0.25) is 5.02 Å². The summed E-state index contributed by atoms with van der Waals surface area (Å²) in [5.41, 5.74) is 6.10. The van der Waals surface area contributed by atoms with Gasteiger partial charge >= 0.3 is 0 Å². The van der Waals surface area contributed by atoms with Crippen LogP contribution in [0.5, 0.6) is 5.75 Å². The van der Waals surface area contributed by atoms with Crippen LogP contribution in [0, 0.1) is 10.5 Å². The number of hydrazine groups is 1. The Morgan fingerprint density at radius 2 is 2.00 bits per heavy atom. The van der Waals surface area contributed by atoms with Crippen LogP contribution in [0.1, 0.15) is 22.7 Å². The monoisotopic (exact) mass is 402 g/mol. The average molecular weight is 403 g/mol. The van der Waals surface area contributed by atoms with Crippen molar-refractivity contribution in [2.75, 3.05) is 7.11 Å². The second-order valence-electron chi connectivity index (χ2n) is 4.46. The molecule has 0 saturated carbocycles. The number of nitrogens with one attached hydrogen (secondary N) is 1. The minimum absolute atomic E-state index is 0.171. The first-order valence-corrected chi connectivity index (χ1v) is 7.58. The van der Waals surface area contributed by atoms with Crippen LogP contribution in [0.4, 0.5) is 0 Å². The second kappa shape index (κ2) is 6.76. The molecular weight excluding hydrogens is 387 g/mol. The Hall–Kier alpha value is -0.820. The van der Waals surface area contributed by atoms with E-state index in [1.54, 1.807) is 13.2 Å². The molecule has 106 valence electrons. The standard InChI is InChI=1S/C15H16ClIN2O/c1-9-4-3-5-11(14(9)17)15(19-18)12-8-10(16)6-7-13(12)20-2/h3-8,15,19H,18H2,1-2H3. The number of ether oxygens (including phenoxy) is 1. The molecule has 3 N–H and O–H groups in total. The number of hydrogen-bond donors (Lipinski definition) is 2. The van der Waals surface area contributed by atoms with Crippen LogP contribution in [-0.4, -0.2) is 7.11 Å². The van der Waals surface area contributed by atoms with Gasteiger partial charge in [0.15, 0.2) is 0 Å². The summed E-state index contributed by atoms with van der Waals surface area (Å²) in [5.74, 6) is 6.54. The number of methoxy groups -OCH3 is 1. The molecule has 1 atom stereocenters. The molecule has 0 spiro atoms. The Labute approximate surface area is 137 Å². The van der Waals surface area contributed by atoms with Crippen molar-refractivity contribution in [1.29, 1.82) is 0 Å². The van der Waals surface area contributed by atoms with E-state index in [1.165, 1.54) is 9.13 Å². The van der Waals surface area contributed by atoms with Crippen molar-refractivity contribution in [3.05, 3.63) is 61.7 Å². The van der Waals surface area contributed by atoms with Crippen molar-refractivity contribution in [2.45, 2.75) is 13.0 Å². The third-order valence-electron chi connectivity index (χ3n) is 3.20. The smallest absolute Gasteiger partial charge is 0.124 e. The summed E-state index contributed by atoms with van der Waals surface area (Å²) in [4.78, 5) is 0. The molecule has 0 aliphatic heterocycles. The van der Waals surface area contributed by atoms with Gasteiger partial charge < -0.3 is 4.74 Å². The van der Waals surface area contributed by atoms with Gasteiger partial charge in [0.25, 0.3) is 0 Å². The maximum atomic E-state index is 6.11. The van der Waals surface area contributed by atoms with Gasteiger partial charge in [-0.15, -0.1) is 0 Å². The second-order valence-corrected chi connectivity index (χ2v) is 5.98. The van der Waals surface area contributed by atoms with Crippen LogP contribution in [0.3, 0.4) is 0 Å². The first-order chi connectivity index (χ1) is 9.58. The molecule has 2 rings (SSSR count). The largest absolute Gasteiger partial charge is 0.496 e. The van der Waals surface area contributed by atoms with E-state index in [0.29, 0.717) is 5.02 Å². The summed E-state index contributed by atoms with van der Waals surface area (Å²) >= 11 is 8.44. The van der Waals surface area contributed by atoms with Crippen molar-refractivity contribution in [3.8, 4) is 5.75 Å². The van der Waals surface area contributed by atoms with Gasteiger partial charge in [-0.25, -0.2) is 5.43 Å². The van der Waals surface area contributed by atoms with Crippen LogP contribution in [0.15, 0.2) is 36.4 Å². The molecular formula is C15H16ClIN2O. The van der Waals surface area contributed by atoms with Gasteiger partial charge in [0, 0.05) is 14.2 Å². The molecule has 2 aromatic rings. The predicted molar refractivity (Wildman–Crippen MR) is 91.1 cm³/mol. The summed E-state index contributed by atoms with van der Waals surface area (Å²) in [7, 11) is 1.64. The molecule has 0 heterocycles. The molecule has 0 aromatic heterocycles. The summed E-state index contributed by atoms with van der Waals surface area (Å²) in [6.07, 6.45) is 0. The van der Waals surface area contributed by atoms with Crippen molar-refractivity contribution in [1.82, 2.24) is 5.43 Å². The molecule has 0 fully saturated rings. The lowest BCUT2D eigenvalue weighted by atomic mass is 9.97. The van der Waals surface area contributed by atoms with E-state index < -0.39 is 0 Å². The first-order valence-electron chi connectivity index (χ1n) is 6.13. The van der Waals surface area contributed by atoms with Crippen molar-refractivity contribution < 1.29 is 4.74 Å². The normalized spacial score (nSPS) is 12.2. The van der Waals surface area contributed by atoms with Crippen molar-refractivity contribution >= 4 is 34.2 Å². The summed E-state index contributed by atoms with van der Waals surface area (Å²) in [5, 5.41) is 0.656. The third-order valence-corrected chi connectivity index (χ3v) is 4.91. The third kappa shape index (κ3) is 3.09. The van der Waals surface area contributed by atoms with E-state index in [0.717, 1.165) is 16.9 Å². The molecule has 5 heteroatoms. The summed E-state index contributed by atoms with van der Waals surface area (Å²) in [6, 6.07) is 11.5. The molecule has 0 radical (unpaired) electrons. The Kier molecular flexibility index (Phi) is 5.26. The highest BCUT2D eigenvalue weighted by Gasteiger charge is 2.20. The highest BCUT2D eigenvalue weighted by atomic mass is 127. The summed E-state index contributed by atoms with van der Waals surface area (Å²) < 4.78 is 6.59. The van der Waals surface area contributed by atoms with Gasteiger partial charge in [-0.3, -0.25) is 5.84 Å². The van der Waals surface area contributed by atoms with E-state index in [-0.39, 0.29) is 6.04 Å². The highest BCUT2D eigenvalue weighted by Crippen LogP contribution is 2.34. The Morgan fingerprint density at radius 3 is 2.65 bits per heavy atom. The zero-order valence-corrected chi connectivity index (χ0v) is 14.2. The van der Waals surface area contributed by atoms with Crippen LogP contribution < -0.4 is 16.0 Å². The number of nitrogens with two attached hydrogens (primary N) is 1. The zero-order valence-electron chi connectivity index (χ0n) is 11.3. The Balaban J connectivity index is 2.58. The van der Waals surface area contributed by atoms with Gasteiger partial charge in [-0.1, -0.05) is 29.8 Å². The molecule has 0 saturated heterocycles.